The van der Waals surface area contributed by atoms with Crippen molar-refractivity contribution >= 4 is 23.2 Å². The third kappa shape index (κ3) is 5.54. The van der Waals surface area contributed by atoms with Gasteiger partial charge in [0.05, 0.1) is 12.2 Å². The number of pyridine rings is 1. The van der Waals surface area contributed by atoms with Crippen molar-refractivity contribution in [2.24, 2.45) is 0 Å². The molecule has 2 N–H and O–H groups in total. The van der Waals surface area contributed by atoms with Gasteiger partial charge in [-0.3, -0.25) is 9.36 Å². The van der Waals surface area contributed by atoms with Crippen LogP contribution in [0.1, 0.15) is 18.7 Å². The lowest BCUT2D eigenvalue weighted by molar-refractivity contribution is -0.207. The standard InChI is InChI=1S/C23H19ClF4N8O3/c24-14-5-3-13(4-6-14)18-33-35(21(39)34(18)10-16(37)23(26,27)28)11-17-30-12-36(32-17)19-15(2-1-9-29-19)31-20(38)22(25)7-8-22/h1-6,9,12,16,37H,7-8,10-11H2,(H,31,38)/t16-/m0/s1. The number of aromatic nitrogens is 7. The average molecular weight is 567 g/mol. The number of benzene rings is 1. The smallest absolute Gasteiger partial charge is 0.382 e. The summed E-state index contributed by atoms with van der Waals surface area (Å²) >= 11 is 5.90. The first-order valence-electron chi connectivity index (χ1n) is 11.5. The molecule has 5 rings (SSSR count). The van der Waals surface area contributed by atoms with Crippen molar-refractivity contribution in [2.75, 3.05) is 5.32 Å². The maximum atomic E-state index is 14.1. The van der Waals surface area contributed by atoms with Gasteiger partial charge in [-0.1, -0.05) is 11.6 Å². The molecule has 4 aromatic rings. The number of nitrogens with zero attached hydrogens (tertiary/aromatic N) is 7. The van der Waals surface area contributed by atoms with Gasteiger partial charge in [-0.05, 0) is 49.2 Å². The summed E-state index contributed by atoms with van der Waals surface area (Å²) in [6.45, 7) is -1.43. The topological polar surface area (TPSA) is 133 Å². The van der Waals surface area contributed by atoms with Gasteiger partial charge in [-0.25, -0.2) is 28.5 Å². The minimum absolute atomic E-state index is 0.0351. The summed E-state index contributed by atoms with van der Waals surface area (Å²) in [5.74, 6) is -0.769. The van der Waals surface area contributed by atoms with Crippen molar-refractivity contribution < 1.29 is 27.5 Å². The van der Waals surface area contributed by atoms with Crippen molar-refractivity contribution in [2.45, 2.75) is 43.9 Å². The fourth-order valence-corrected chi connectivity index (χ4v) is 3.78. The lowest BCUT2D eigenvalue weighted by Crippen LogP contribution is -2.37. The Kier molecular flexibility index (Phi) is 6.72. The zero-order valence-electron chi connectivity index (χ0n) is 19.8. The van der Waals surface area contributed by atoms with Gasteiger partial charge < -0.3 is 10.4 Å². The number of hydrogen-bond donors (Lipinski definition) is 2. The largest absolute Gasteiger partial charge is 0.416 e. The molecule has 0 radical (unpaired) electrons. The first kappa shape index (κ1) is 26.5. The molecule has 0 unspecified atom stereocenters. The second kappa shape index (κ2) is 9.89. The number of amides is 1. The SMILES string of the molecule is O=C(Nc1cccnc1-n1cnc(Cn2nc(-c3ccc(Cl)cc3)n(C[C@H](O)C(F)(F)F)c2=O)n1)C1(F)CC1. The third-order valence-electron chi connectivity index (χ3n) is 5.94. The number of alkyl halides is 4. The molecule has 39 heavy (non-hydrogen) atoms. The monoisotopic (exact) mass is 566 g/mol. The van der Waals surface area contributed by atoms with Crippen molar-refractivity contribution in [3.05, 3.63) is 70.3 Å². The summed E-state index contributed by atoms with van der Waals surface area (Å²) in [4.78, 5) is 33.5. The number of hydrogen-bond acceptors (Lipinski definition) is 7. The number of aliphatic hydroxyl groups excluding tert-OH is 1. The molecule has 0 aliphatic heterocycles. The number of halogens is 5. The number of nitrogens with one attached hydrogen (secondary N) is 1. The van der Waals surface area contributed by atoms with Gasteiger partial charge in [-0.2, -0.15) is 13.2 Å². The molecule has 1 fully saturated rings. The van der Waals surface area contributed by atoms with Crippen LogP contribution < -0.4 is 11.0 Å². The number of aliphatic hydroxyl groups is 1. The van der Waals surface area contributed by atoms with E-state index in [-0.39, 0.29) is 42.5 Å². The van der Waals surface area contributed by atoms with Crippen LogP contribution in [-0.4, -0.2) is 63.1 Å². The summed E-state index contributed by atoms with van der Waals surface area (Å²) in [5, 5.41) is 20.8. The summed E-state index contributed by atoms with van der Waals surface area (Å²) < 4.78 is 56.1. The lowest BCUT2D eigenvalue weighted by Gasteiger charge is -2.15. The van der Waals surface area contributed by atoms with Crippen molar-refractivity contribution in [1.29, 1.82) is 0 Å². The molecule has 1 aliphatic carbocycles. The molecular weight excluding hydrogens is 548 g/mol. The second-order valence-corrected chi connectivity index (χ2v) is 9.27. The van der Waals surface area contributed by atoms with Gasteiger partial charge in [0.15, 0.2) is 29.2 Å². The quantitative estimate of drug-likeness (QED) is 0.313. The van der Waals surface area contributed by atoms with Gasteiger partial charge in [0, 0.05) is 16.8 Å². The van der Waals surface area contributed by atoms with E-state index in [0.717, 1.165) is 4.68 Å². The Balaban J connectivity index is 1.44. The van der Waals surface area contributed by atoms with E-state index >= 15 is 0 Å². The number of carbonyl (C=O) groups excluding carboxylic acids is 1. The lowest BCUT2D eigenvalue weighted by atomic mass is 10.2. The highest BCUT2D eigenvalue weighted by atomic mass is 35.5. The zero-order chi connectivity index (χ0) is 27.9. The summed E-state index contributed by atoms with van der Waals surface area (Å²) in [7, 11) is 0. The highest BCUT2D eigenvalue weighted by Crippen LogP contribution is 2.40. The number of carbonyl (C=O) groups is 1. The predicted molar refractivity (Wildman–Crippen MR) is 129 cm³/mol. The molecule has 1 atom stereocenters. The minimum atomic E-state index is -4.96. The molecule has 0 spiro atoms. The molecule has 204 valence electrons. The van der Waals surface area contributed by atoms with Gasteiger partial charge in [0.2, 0.25) is 0 Å². The minimum Gasteiger partial charge on any atom is -0.382 e. The van der Waals surface area contributed by atoms with E-state index in [1.165, 1.54) is 53.6 Å². The Morgan fingerprint density at radius 1 is 1.15 bits per heavy atom. The van der Waals surface area contributed by atoms with Crippen LogP contribution in [0.3, 0.4) is 0 Å². The molecule has 1 amide bonds. The van der Waals surface area contributed by atoms with E-state index in [1.54, 1.807) is 0 Å². The second-order valence-electron chi connectivity index (χ2n) is 8.84. The molecule has 1 saturated carbocycles. The Hall–Kier alpha value is -4.11. The Labute approximate surface area is 221 Å². The summed E-state index contributed by atoms with van der Waals surface area (Å²) in [6.07, 6.45) is -4.86. The molecule has 0 bridgehead atoms. The van der Waals surface area contributed by atoms with E-state index in [0.29, 0.717) is 15.2 Å². The third-order valence-corrected chi connectivity index (χ3v) is 6.19. The number of anilines is 1. The maximum absolute atomic E-state index is 14.1. The first-order chi connectivity index (χ1) is 18.4. The first-order valence-corrected chi connectivity index (χ1v) is 11.9. The molecular formula is C23H19ClF4N8O3. The van der Waals surface area contributed by atoms with Crippen molar-refractivity contribution in [1.82, 2.24) is 34.1 Å². The fourth-order valence-electron chi connectivity index (χ4n) is 3.65. The van der Waals surface area contributed by atoms with Gasteiger partial charge in [0.1, 0.15) is 12.9 Å². The molecule has 11 nitrogen and oxygen atoms in total. The molecule has 1 aliphatic rings. The van der Waals surface area contributed by atoms with Gasteiger partial charge in [0.25, 0.3) is 5.91 Å². The summed E-state index contributed by atoms with van der Waals surface area (Å²) in [6, 6.07) is 8.94. The van der Waals surface area contributed by atoms with Crippen LogP contribution in [0.5, 0.6) is 0 Å². The van der Waals surface area contributed by atoms with Crippen LogP contribution >= 0.6 is 11.6 Å². The van der Waals surface area contributed by atoms with Crippen LogP contribution in [0.4, 0.5) is 23.2 Å². The predicted octanol–water partition coefficient (Wildman–Crippen LogP) is 2.75. The van der Waals surface area contributed by atoms with Gasteiger partial charge >= 0.3 is 11.9 Å². The molecule has 1 aromatic carbocycles. The van der Waals surface area contributed by atoms with Crippen LogP contribution in [0.25, 0.3) is 17.2 Å². The summed E-state index contributed by atoms with van der Waals surface area (Å²) in [5.41, 5.74) is -2.39. The molecule has 0 saturated heterocycles. The van der Waals surface area contributed by atoms with Crippen molar-refractivity contribution in [3.63, 3.8) is 0 Å². The Morgan fingerprint density at radius 3 is 2.54 bits per heavy atom. The zero-order valence-corrected chi connectivity index (χ0v) is 20.6. The Morgan fingerprint density at radius 2 is 1.87 bits per heavy atom. The van der Waals surface area contributed by atoms with Crippen molar-refractivity contribution in [3.8, 4) is 17.2 Å². The fraction of sp³-hybridized carbons (Fsp3) is 0.304. The van der Waals surface area contributed by atoms with E-state index in [2.05, 4.69) is 25.5 Å². The molecule has 16 heteroatoms. The van der Waals surface area contributed by atoms with Crippen LogP contribution in [0.15, 0.2) is 53.7 Å². The average Bonchev–Trinajstić information content (AvgIpc) is 3.36. The van der Waals surface area contributed by atoms with Crippen LogP contribution in [0, 0.1) is 0 Å². The Bertz CT molecular complexity index is 1580. The van der Waals surface area contributed by atoms with E-state index in [9.17, 15) is 32.3 Å². The molecule has 3 aromatic heterocycles. The molecule has 3 heterocycles. The van der Waals surface area contributed by atoms with E-state index in [4.69, 9.17) is 11.6 Å². The van der Waals surface area contributed by atoms with E-state index < -0.39 is 36.1 Å². The number of rotatable bonds is 8. The van der Waals surface area contributed by atoms with Crippen LogP contribution in [-0.2, 0) is 17.9 Å². The maximum Gasteiger partial charge on any atom is 0.416 e. The highest BCUT2D eigenvalue weighted by molar-refractivity contribution is 6.30. The van der Waals surface area contributed by atoms with Crippen LogP contribution in [0.2, 0.25) is 5.02 Å². The normalized spacial score (nSPS) is 15.2. The van der Waals surface area contributed by atoms with E-state index in [1.807, 2.05) is 0 Å². The van der Waals surface area contributed by atoms with Gasteiger partial charge in [-0.15, -0.1) is 10.2 Å². The highest BCUT2D eigenvalue weighted by Gasteiger charge is 2.51.